The van der Waals surface area contributed by atoms with Crippen LogP contribution >= 0.6 is 0 Å². The van der Waals surface area contributed by atoms with E-state index in [1.807, 2.05) is 13.8 Å². The van der Waals surface area contributed by atoms with Crippen LogP contribution in [0.2, 0.25) is 0 Å². The van der Waals surface area contributed by atoms with Crippen LogP contribution in [0.15, 0.2) is 0 Å². The Bertz CT molecular complexity index is 327. The topological polar surface area (TPSA) is 92.5 Å². The Balaban J connectivity index is 4.51. The highest BCUT2D eigenvalue weighted by Crippen LogP contribution is 2.09. The summed E-state index contributed by atoms with van der Waals surface area (Å²) in [6.45, 7) is 4.09. The molecule has 0 heterocycles. The van der Waals surface area contributed by atoms with E-state index in [4.69, 9.17) is 5.84 Å². The summed E-state index contributed by atoms with van der Waals surface area (Å²) in [5, 5.41) is 0. The van der Waals surface area contributed by atoms with E-state index < -0.39 is 15.9 Å². The fourth-order valence-electron chi connectivity index (χ4n) is 1.55. The number of nitrogens with zero attached hydrogens (tertiary/aromatic N) is 1. The molecule has 0 bridgehead atoms. The molecule has 0 fully saturated rings. The van der Waals surface area contributed by atoms with Gasteiger partial charge < -0.3 is 0 Å². The Morgan fingerprint density at radius 3 is 2.25 bits per heavy atom. The molecule has 0 aromatic rings. The molecule has 0 saturated carbocycles. The molecule has 0 aliphatic rings. The van der Waals surface area contributed by atoms with Crippen LogP contribution in [0.5, 0.6) is 0 Å². The van der Waals surface area contributed by atoms with Crippen LogP contribution in [0.1, 0.15) is 13.8 Å². The zero-order chi connectivity index (χ0) is 12.9. The predicted octanol–water partition coefficient (Wildman–Crippen LogP) is -1.02. The van der Waals surface area contributed by atoms with Crippen LogP contribution in [0.3, 0.4) is 0 Å². The Labute approximate surface area is 97.1 Å². The highest BCUT2D eigenvalue weighted by molar-refractivity contribution is 7.90. The summed E-state index contributed by atoms with van der Waals surface area (Å²) in [6, 6.07) is -0.410. The second kappa shape index (κ2) is 6.17. The lowest BCUT2D eigenvalue weighted by molar-refractivity contribution is -0.127. The fraction of sp³-hybridized carbons (Fsp3) is 0.889. The van der Waals surface area contributed by atoms with Gasteiger partial charge in [-0.25, -0.2) is 14.3 Å². The summed E-state index contributed by atoms with van der Waals surface area (Å²) >= 11 is 0. The van der Waals surface area contributed by atoms with Gasteiger partial charge in [0.15, 0.2) is 0 Å². The number of rotatable bonds is 6. The molecular weight excluding hydrogens is 230 g/mol. The third kappa shape index (κ3) is 5.43. The van der Waals surface area contributed by atoms with Gasteiger partial charge in [-0.1, -0.05) is 13.8 Å². The standard InChI is InChI=1S/C9H21N3O3S/c1-7(2)8(9(13)11-10)12(3)5-6-16(4,14)15/h7-8H,5-6,10H2,1-4H3,(H,11,13). The van der Waals surface area contributed by atoms with Crippen molar-refractivity contribution in [3.8, 4) is 0 Å². The van der Waals surface area contributed by atoms with Crippen LogP contribution in [-0.2, 0) is 14.6 Å². The van der Waals surface area contributed by atoms with Crippen molar-refractivity contribution in [3.05, 3.63) is 0 Å². The number of sulfone groups is 1. The van der Waals surface area contributed by atoms with Crippen molar-refractivity contribution in [1.82, 2.24) is 10.3 Å². The van der Waals surface area contributed by atoms with Gasteiger partial charge in [0.25, 0.3) is 5.91 Å². The van der Waals surface area contributed by atoms with Crippen LogP contribution < -0.4 is 11.3 Å². The Hall–Kier alpha value is -0.660. The minimum Gasteiger partial charge on any atom is -0.294 e. The van der Waals surface area contributed by atoms with Crippen LogP contribution in [0.4, 0.5) is 0 Å². The molecule has 1 unspecified atom stereocenters. The third-order valence-corrected chi connectivity index (χ3v) is 3.26. The van der Waals surface area contributed by atoms with Gasteiger partial charge in [0.1, 0.15) is 9.84 Å². The van der Waals surface area contributed by atoms with Crippen LogP contribution in [0, 0.1) is 5.92 Å². The van der Waals surface area contributed by atoms with E-state index in [2.05, 4.69) is 5.43 Å². The first-order chi connectivity index (χ1) is 7.19. The van der Waals surface area contributed by atoms with Crippen molar-refractivity contribution in [2.24, 2.45) is 11.8 Å². The average Bonchev–Trinajstić information content (AvgIpc) is 2.13. The maximum atomic E-state index is 11.5. The Morgan fingerprint density at radius 2 is 1.94 bits per heavy atom. The maximum absolute atomic E-state index is 11.5. The molecule has 0 aromatic heterocycles. The molecule has 0 radical (unpaired) electrons. The molecular formula is C9H21N3O3S. The van der Waals surface area contributed by atoms with Gasteiger partial charge in [0.2, 0.25) is 0 Å². The summed E-state index contributed by atoms with van der Waals surface area (Å²) in [4.78, 5) is 13.2. The molecule has 0 saturated heterocycles. The smallest absolute Gasteiger partial charge is 0.251 e. The Kier molecular flexibility index (Phi) is 5.91. The number of hydrogen-bond acceptors (Lipinski definition) is 5. The molecule has 0 aliphatic carbocycles. The summed E-state index contributed by atoms with van der Waals surface area (Å²) in [7, 11) is -1.30. The van der Waals surface area contributed by atoms with Crippen molar-refractivity contribution in [1.29, 1.82) is 0 Å². The van der Waals surface area contributed by atoms with Gasteiger partial charge in [-0.15, -0.1) is 0 Å². The molecule has 0 spiro atoms. The lowest BCUT2D eigenvalue weighted by Crippen LogP contribution is -2.51. The molecule has 0 aromatic carbocycles. The van der Waals surface area contributed by atoms with E-state index in [0.717, 1.165) is 0 Å². The SMILES string of the molecule is CC(C)C(C(=O)NN)N(C)CCS(C)(=O)=O. The zero-order valence-electron chi connectivity index (χ0n) is 10.2. The third-order valence-electron chi connectivity index (χ3n) is 2.33. The summed E-state index contributed by atoms with van der Waals surface area (Å²) < 4.78 is 22.0. The van der Waals surface area contributed by atoms with E-state index in [0.29, 0.717) is 6.54 Å². The highest BCUT2D eigenvalue weighted by Gasteiger charge is 2.26. The molecule has 0 aliphatic heterocycles. The molecule has 1 amide bonds. The van der Waals surface area contributed by atoms with Gasteiger partial charge >= 0.3 is 0 Å². The number of carbonyl (C=O) groups is 1. The monoisotopic (exact) mass is 251 g/mol. The molecule has 16 heavy (non-hydrogen) atoms. The van der Waals surface area contributed by atoms with Gasteiger partial charge in [0, 0.05) is 12.8 Å². The van der Waals surface area contributed by atoms with Gasteiger partial charge in [-0.3, -0.25) is 15.1 Å². The van der Waals surface area contributed by atoms with E-state index in [9.17, 15) is 13.2 Å². The first-order valence-electron chi connectivity index (χ1n) is 5.07. The fourth-order valence-corrected chi connectivity index (χ4v) is 2.17. The molecule has 7 heteroatoms. The van der Waals surface area contributed by atoms with E-state index >= 15 is 0 Å². The molecule has 1 atom stereocenters. The van der Waals surface area contributed by atoms with Crippen LogP contribution in [-0.4, -0.2) is 50.9 Å². The van der Waals surface area contributed by atoms with Crippen molar-refractivity contribution >= 4 is 15.7 Å². The number of amides is 1. The number of nitrogens with one attached hydrogen (secondary N) is 1. The molecule has 6 nitrogen and oxygen atoms in total. The lowest BCUT2D eigenvalue weighted by Gasteiger charge is -2.29. The normalized spacial score (nSPS) is 14.2. The number of hydrazine groups is 1. The largest absolute Gasteiger partial charge is 0.294 e. The maximum Gasteiger partial charge on any atom is 0.251 e. The van der Waals surface area contributed by atoms with E-state index in [1.165, 1.54) is 6.26 Å². The van der Waals surface area contributed by atoms with Crippen LogP contribution in [0.25, 0.3) is 0 Å². The number of nitrogens with two attached hydrogens (primary N) is 1. The predicted molar refractivity (Wildman–Crippen MR) is 63.3 cm³/mol. The minimum absolute atomic E-state index is 0.0323. The molecule has 3 N–H and O–H groups in total. The first-order valence-corrected chi connectivity index (χ1v) is 7.13. The minimum atomic E-state index is -3.02. The average molecular weight is 251 g/mol. The number of hydrogen-bond donors (Lipinski definition) is 2. The highest BCUT2D eigenvalue weighted by atomic mass is 32.2. The second-order valence-corrected chi connectivity index (χ2v) is 6.57. The molecule has 0 rings (SSSR count). The van der Waals surface area contributed by atoms with Crippen molar-refractivity contribution in [3.63, 3.8) is 0 Å². The summed E-state index contributed by atoms with van der Waals surface area (Å²) in [6.07, 6.45) is 1.17. The van der Waals surface area contributed by atoms with Crippen molar-refractivity contribution < 1.29 is 13.2 Å². The summed E-state index contributed by atoms with van der Waals surface area (Å²) in [5.74, 6) is 4.88. The van der Waals surface area contributed by atoms with Gasteiger partial charge in [0.05, 0.1) is 11.8 Å². The van der Waals surface area contributed by atoms with Gasteiger partial charge in [-0.2, -0.15) is 0 Å². The lowest BCUT2D eigenvalue weighted by atomic mass is 10.0. The van der Waals surface area contributed by atoms with Crippen molar-refractivity contribution in [2.75, 3.05) is 25.6 Å². The van der Waals surface area contributed by atoms with Gasteiger partial charge in [-0.05, 0) is 13.0 Å². The van der Waals surface area contributed by atoms with E-state index in [-0.39, 0.29) is 17.6 Å². The first kappa shape index (κ1) is 15.3. The number of likely N-dealkylation sites (N-methyl/N-ethyl adjacent to an activating group) is 1. The summed E-state index contributed by atoms with van der Waals surface area (Å²) in [5.41, 5.74) is 2.09. The molecule has 96 valence electrons. The quantitative estimate of drug-likeness (QED) is 0.358. The number of carbonyl (C=O) groups excluding carboxylic acids is 1. The zero-order valence-corrected chi connectivity index (χ0v) is 11.0. The van der Waals surface area contributed by atoms with Crippen molar-refractivity contribution in [2.45, 2.75) is 19.9 Å². The Morgan fingerprint density at radius 1 is 1.44 bits per heavy atom. The van der Waals surface area contributed by atoms with E-state index in [1.54, 1.807) is 11.9 Å². The second-order valence-electron chi connectivity index (χ2n) is 4.31.